The molecule has 0 fully saturated rings. The van der Waals surface area contributed by atoms with Crippen LogP contribution in [0.2, 0.25) is 0 Å². The summed E-state index contributed by atoms with van der Waals surface area (Å²) < 4.78 is 5.30. The summed E-state index contributed by atoms with van der Waals surface area (Å²) in [6.45, 7) is 20.0. The number of carbonyl (C=O) groups excluding carboxylic acids is 1. The van der Waals surface area contributed by atoms with Gasteiger partial charge in [0, 0.05) is 0 Å². The first-order chi connectivity index (χ1) is 14.8. The predicted octanol–water partition coefficient (Wildman–Crippen LogP) is 7.97. The minimum Gasteiger partial charge on any atom is -0.459 e. The van der Waals surface area contributed by atoms with Crippen LogP contribution in [0.5, 0.6) is 0 Å². The highest BCUT2D eigenvalue weighted by Crippen LogP contribution is 2.50. The minimum absolute atomic E-state index is 0.113. The molecule has 2 aromatic rings. The molecule has 2 nitrogen and oxygen atoms in total. The van der Waals surface area contributed by atoms with Crippen molar-refractivity contribution in [3.8, 4) is 0 Å². The van der Waals surface area contributed by atoms with E-state index in [4.69, 9.17) is 4.74 Å². The molecule has 1 aliphatic carbocycles. The molecular weight excluding hydrogens is 392 g/mol. The van der Waals surface area contributed by atoms with Crippen LogP contribution in [0, 0.1) is 5.92 Å². The maximum Gasteiger partial charge on any atom is 0.338 e. The van der Waals surface area contributed by atoms with E-state index in [0.717, 1.165) is 12.0 Å². The molecule has 1 aliphatic rings. The van der Waals surface area contributed by atoms with Gasteiger partial charge in [-0.1, -0.05) is 71.9 Å². The van der Waals surface area contributed by atoms with Crippen LogP contribution < -0.4 is 0 Å². The van der Waals surface area contributed by atoms with E-state index < -0.39 is 0 Å². The minimum atomic E-state index is -0.269. The summed E-state index contributed by atoms with van der Waals surface area (Å²) in [7, 11) is 0. The second-order valence-electron chi connectivity index (χ2n) is 11.5. The van der Waals surface area contributed by atoms with Gasteiger partial charge in [0.05, 0.1) is 11.7 Å². The van der Waals surface area contributed by atoms with Crippen molar-refractivity contribution < 1.29 is 9.53 Å². The molecule has 2 aromatic carbocycles. The Labute approximate surface area is 195 Å². The molecule has 0 saturated heterocycles. The van der Waals surface area contributed by atoms with Gasteiger partial charge in [0.15, 0.2) is 0 Å². The van der Waals surface area contributed by atoms with Gasteiger partial charge in [-0.3, -0.25) is 0 Å². The number of esters is 1. The molecular formula is C30H40O2. The summed E-state index contributed by atoms with van der Waals surface area (Å²) in [6.07, 6.45) is 4.37. The lowest BCUT2D eigenvalue weighted by molar-refractivity contribution is 0.0378. The first kappa shape index (κ1) is 24.3. The van der Waals surface area contributed by atoms with Crippen LogP contribution in [0.4, 0.5) is 0 Å². The zero-order valence-electron chi connectivity index (χ0n) is 21.4. The average molecular weight is 433 g/mol. The van der Waals surface area contributed by atoms with Crippen molar-refractivity contribution in [2.75, 3.05) is 0 Å². The number of benzene rings is 2. The molecule has 0 spiro atoms. The number of hydrogen-bond donors (Lipinski definition) is 0. The number of fused-ring (bicyclic) bond motifs is 1. The third-order valence-corrected chi connectivity index (χ3v) is 6.51. The topological polar surface area (TPSA) is 26.3 Å². The molecule has 0 unspecified atom stereocenters. The lowest BCUT2D eigenvalue weighted by atomic mass is 9.82. The van der Waals surface area contributed by atoms with Crippen molar-refractivity contribution in [2.24, 2.45) is 5.92 Å². The lowest BCUT2D eigenvalue weighted by Crippen LogP contribution is -2.18. The van der Waals surface area contributed by atoms with E-state index in [0.29, 0.717) is 11.5 Å². The zero-order chi connectivity index (χ0) is 23.8. The van der Waals surface area contributed by atoms with E-state index in [-0.39, 0.29) is 22.9 Å². The fourth-order valence-corrected chi connectivity index (χ4v) is 5.36. The van der Waals surface area contributed by atoms with Crippen molar-refractivity contribution in [3.05, 3.63) is 69.8 Å². The Bertz CT molecular complexity index is 1020. The molecule has 2 heteroatoms. The molecule has 0 aromatic heterocycles. The van der Waals surface area contributed by atoms with Crippen molar-refractivity contribution in [1.82, 2.24) is 0 Å². The second-order valence-corrected chi connectivity index (χ2v) is 11.5. The summed E-state index contributed by atoms with van der Waals surface area (Å²) >= 11 is 0. The van der Waals surface area contributed by atoms with E-state index in [1.807, 2.05) is 38.1 Å². The van der Waals surface area contributed by atoms with Crippen LogP contribution in [0.15, 0.2) is 36.4 Å². The molecule has 0 aliphatic heterocycles. The third kappa shape index (κ3) is 5.17. The maximum atomic E-state index is 12.1. The lowest BCUT2D eigenvalue weighted by Gasteiger charge is -2.22. The Morgan fingerprint density at radius 3 is 2.06 bits per heavy atom. The van der Waals surface area contributed by atoms with Gasteiger partial charge >= 0.3 is 5.97 Å². The summed E-state index contributed by atoms with van der Waals surface area (Å²) in [6, 6.07) is 12.7. The second kappa shape index (κ2) is 8.89. The quantitative estimate of drug-likeness (QED) is 0.342. The largest absolute Gasteiger partial charge is 0.459 e. The SMILES string of the molecule is CC(=Cc1ccc(C(=O)OC(C)C)cc1)c1cc2c(cc1CC(C)C)C(C)(C)CC2(C)C. The number of rotatable bonds is 6. The average Bonchev–Trinajstić information content (AvgIpc) is 2.84. The van der Waals surface area contributed by atoms with Gasteiger partial charge in [-0.25, -0.2) is 4.79 Å². The van der Waals surface area contributed by atoms with Crippen molar-refractivity contribution in [3.63, 3.8) is 0 Å². The fourth-order valence-electron chi connectivity index (χ4n) is 5.36. The number of allylic oxidation sites excluding steroid dienone is 1. The van der Waals surface area contributed by atoms with E-state index in [1.54, 1.807) is 0 Å². The first-order valence-corrected chi connectivity index (χ1v) is 12.0. The van der Waals surface area contributed by atoms with Gasteiger partial charge in [-0.2, -0.15) is 0 Å². The van der Waals surface area contributed by atoms with Crippen LogP contribution in [-0.2, 0) is 22.0 Å². The summed E-state index contributed by atoms with van der Waals surface area (Å²) in [4.78, 5) is 12.1. The molecule has 0 amide bonds. The van der Waals surface area contributed by atoms with Gasteiger partial charge in [0.1, 0.15) is 0 Å². The highest BCUT2D eigenvalue weighted by molar-refractivity contribution is 5.90. The maximum absolute atomic E-state index is 12.1. The van der Waals surface area contributed by atoms with Gasteiger partial charge < -0.3 is 4.74 Å². The van der Waals surface area contributed by atoms with Crippen molar-refractivity contribution >= 4 is 17.6 Å². The van der Waals surface area contributed by atoms with Crippen molar-refractivity contribution in [1.29, 1.82) is 0 Å². The van der Waals surface area contributed by atoms with Crippen LogP contribution in [0.3, 0.4) is 0 Å². The molecule has 0 bridgehead atoms. The fraction of sp³-hybridized carbons (Fsp3) is 0.500. The Hall–Kier alpha value is -2.35. The Morgan fingerprint density at radius 2 is 1.53 bits per heavy atom. The Kier molecular flexibility index (Phi) is 6.75. The monoisotopic (exact) mass is 432 g/mol. The Balaban J connectivity index is 2.01. The predicted molar refractivity (Wildman–Crippen MR) is 136 cm³/mol. The third-order valence-electron chi connectivity index (χ3n) is 6.51. The van der Waals surface area contributed by atoms with Gasteiger partial charge in [-0.05, 0) is 95.9 Å². The van der Waals surface area contributed by atoms with E-state index in [2.05, 4.69) is 66.7 Å². The van der Waals surface area contributed by atoms with Gasteiger partial charge in [-0.15, -0.1) is 0 Å². The van der Waals surface area contributed by atoms with E-state index >= 15 is 0 Å². The van der Waals surface area contributed by atoms with Crippen LogP contribution in [-0.4, -0.2) is 12.1 Å². The highest BCUT2D eigenvalue weighted by atomic mass is 16.5. The molecule has 0 atom stereocenters. The normalized spacial score (nSPS) is 17.0. The van der Waals surface area contributed by atoms with Crippen LogP contribution in [0.25, 0.3) is 11.6 Å². The molecule has 0 heterocycles. The number of hydrogen-bond acceptors (Lipinski definition) is 2. The molecule has 0 saturated carbocycles. The Morgan fingerprint density at radius 1 is 0.969 bits per heavy atom. The van der Waals surface area contributed by atoms with Gasteiger partial charge in [0.2, 0.25) is 0 Å². The highest BCUT2D eigenvalue weighted by Gasteiger charge is 2.42. The molecule has 32 heavy (non-hydrogen) atoms. The first-order valence-electron chi connectivity index (χ1n) is 12.0. The van der Waals surface area contributed by atoms with E-state index in [1.165, 1.54) is 34.2 Å². The smallest absolute Gasteiger partial charge is 0.338 e. The van der Waals surface area contributed by atoms with E-state index in [9.17, 15) is 4.79 Å². The van der Waals surface area contributed by atoms with Crippen molar-refractivity contribution in [2.45, 2.75) is 92.1 Å². The number of ether oxygens (including phenoxy) is 1. The standard InChI is InChI=1S/C30H40O2/c1-19(2)14-24-16-26-27(30(8,9)18-29(26,6)7)17-25(24)21(5)15-22-10-12-23(13-11-22)28(31)32-20(3)4/h10-13,15-17,19-20H,14,18H2,1-9H3. The summed E-state index contributed by atoms with van der Waals surface area (Å²) in [5.74, 6) is 0.332. The van der Waals surface area contributed by atoms with Gasteiger partial charge in [0.25, 0.3) is 0 Å². The molecule has 172 valence electrons. The zero-order valence-corrected chi connectivity index (χ0v) is 21.4. The summed E-state index contributed by atoms with van der Waals surface area (Å²) in [5, 5.41) is 0. The molecule has 0 N–H and O–H groups in total. The molecule has 0 radical (unpaired) electrons. The van der Waals surface area contributed by atoms with Crippen LogP contribution >= 0.6 is 0 Å². The number of carbonyl (C=O) groups is 1. The summed E-state index contributed by atoms with van der Waals surface area (Å²) in [5.41, 5.74) is 9.15. The van der Waals surface area contributed by atoms with Crippen LogP contribution in [0.1, 0.15) is 107 Å². The molecule has 3 rings (SSSR count).